The number of hydrogen-bond donors (Lipinski definition) is 1. The molecular weight excluding hydrogens is 364 g/mol. The maximum Gasteiger partial charge on any atom is 0.193 e. The highest BCUT2D eigenvalue weighted by Crippen LogP contribution is 2.18. The molecule has 0 amide bonds. The quantitative estimate of drug-likeness (QED) is 0.535. The van der Waals surface area contributed by atoms with Crippen LogP contribution in [0.15, 0.2) is 35.3 Å². The zero-order valence-electron chi connectivity index (χ0n) is 18.3. The van der Waals surface area contributed by atoms with Crippen LogP contribution < -0.4 is 5.32 Å². The maximum atomic E-state index is 6.10. The van der Waals surface area contributed by atoms with Gasteiger partial charge in [0.1, 0.15) is 0 Å². The van der Waals surface area contributed by atoms with E-state index in [9.17, 15) is 0 Å². The lowest BCUT2D eigenvalue weighted by atomic mass is 10.1. The number of benzene rings is 1. The van der Waals surface area contributed by atoms with E-state index in [4.69, 9.17) is 9.47 Å². The van der Waals surface area contributed by atoms with Crippen molar-refractivity contribution in [1.82, 2.24) is 15.1 Å². The summed E-state index contributed by atoms with van der Waals surface area (Å²) in [5.74, 6) is 1.00. The van der Waals surface area contributed by atoms with Crippen LogP contribution in [-0.2, 0) is 16.0 Å². The van der Waals surface area contributed by atoms with E-state index in [1.54, 1.807) is 0 Å². The molecule has 0 bridgehead atoms. The third-order valence-electron chi connectivity index (χ3n) is 6.08. The molecule has 3 rings (SSSR count). The van der Waals surface area contributed by atoms with Gasteiger partial charge in [0, 0.05) is 45.9 Å². The molecule has 162 valence electrons. The number of likely N-dealkylation sites (N-methyl/N-ethyl adjacent to an activating group) is 1. The maximum absolute atomic E-state index is 6.10. The average molecular weight is 403 g/mol. The van der Waals surface area contributed by atoms with Crippen LogP contribution in [0.25, 0.3) is 0 Å². The number of rotatable bonds is 8. The molecule has 1 aromatic carbocycles. The molecule has 2 aliphatic rings. The van der Waals surface area contributed by atoms with Gasteiger partial charge in [-0.05, 0) is 45.2 Å². The first kappa shape index (κ1) is 22.1. The smallest absolute Gasteiger partial charge is 0.193 e. The molecule has 0 aromatic heterocycles. The topological polar surface area (TPSA) is 49.3 Å². The van der Waals surface area contributed by atoms with Crippen molar-refractivity contribution in [3.8, 4) is 0 Å². The second-order valence-electron chi connectivity index (χ2n) is 8.33. The molecule has 2 aliphatic heterocycles. The second kappa shape index (κ2) is 11.5. The van der Waals surface area contributed by atoms with Gasteiger partial charge in [0.2, 0.25) is 0 Å². The van der Waals surface area contributed by atoms with E-state index in [0.29, 0.717) is 18.2 Å². The van der Waals surface area contributed by atoms with Crippen LogP contribution >= 0.6 is 0 Å². The lowest BCUT2D eigenvalue weighted by Gasteiger charge is -2.35. The third-order valence-corrected chi connectivity index (χ3v) is 6.08. The predicted molar refractivity (Wildman–Crippen MR) is 118 cm³/mol. The van der Waals surface area contributed by atoms with Crippen molar-refractivity contribution < 1.29 is 9.47 Å². The minimum atomic E-state index is 0.317. The minimum Gasteiger partial charge on any atom is -0.376 e. The van der Waals surface area contributed by atoms with Gasteiger partial charge in [0.05, 0.1) is 18.8 Å². The number of nitrogens with one attached hydrogen (secondary N) is 1. The highest BCUT2D eigenvalue weighted by atomic mass is 16.5. The first-order valence-corrected chi connectivity index (χ1v) is 11.1. The molecule has 6 heteroatoms. The highest BCUT2D eigenvalue weighted by molar-refractivity contribution is 5.80. The molecule has 2 atom stereocenters. The summed E-state index contributed by atoms with van der Waals surface area (Å²) in [5, 5.41) is 3.57. The minimum absolute atomic E-state index is 0.317. The van der Waals surface area contributed by atoms with Gasteiger partial charge in [-0.1, -0.05) is 30.3 Å². The van der Waals surface area contributed by atoms with E-state index in [0.717, 1.165) is 64.6 Å². The molecule has 29 heavy (non-hydrogen) atoms. The van der Waals surface area contributed by atoms with Gasteiger partial charge in [-0.25, -0.2) is 0 Å². The summed E-state index contributed by atoms with van der Waals surface area (Å²) < 4.78 is 11.8. The van der Waals surface area contributed by atoms with Crippen molar-refractivity contribution in [2.45, 2.75) is 57.4 Å². The number of piperidine rings is 1. The van der Waals surface area contributed by atoms with Gasteiger partial charge in [-0.2, -0.15) is 0 Å². The standard InChI is InChI=1S/C23H38N4O2/c1-19(26(3)17-20-8-5-4-6-9-20)16-25-23(24-2)27-13-11-21(12-14-27)29-18-22-10-7-15-28-22/h4-6,8-9,19,21-22H,7,10-18H2,1-3H3,(H,24,25). The first-order valence-electron chi connectivity index (χ1n) is 11.1. The molecular formula is C23H38N4O2. The van der Waals surface area contributed by atoms with Gasteiger partial charge in [-0.15, -0.1) is 0 Å². The molecule has 0 saturated carbocycles. The van der Waals surface area contributed by atoms with Crippen molar-refractivity contribution >= 4 is 5.96 Å². The normalized spacial score (nSPS) is 22.3. The van der Waals surface area contributed by atoms with Crippen molar-refractivity contribution in [1.29, 1.82) is 0 Å². The molecule has 0 radical (unpaired) electrons. The Morgan fingerprint density at radius 1 is 1.28 bits per heavy atom. The third kappa shape index (κ3) is 6.98. The van der Waals surface area contributed by atoms with Gasteiger partial charge < -0.3 is 19.7 Å². The molecule has 2 saturated heterocycles. The predicted octanol–water partition coefficient (Wildman–Crippen LogP) is 2.74. The molecule has 0 spiro atoms. The number of hydrogen-bond acceptors (Lipinski definition) is 4. The zero-order valence-corrected chi connectivity index (χ0v) is 18.3. The fourth-order valence-electron chi connectivity index (χ4n) is 4.01. The summed E-state index contributed by atoms with van der Waals surface area (Å²) in [6.07, 6.45) is 5.09. The van der Waals surface area contributed by atoms with E-state index in [1.165, 1.54) is 12.0 Å². The average Bonchev–Trinajstić information content (AvgIpc) is 3.28. The van der Waals surface area contributed by atoms with E-state index in [2.05, 4.69) is 64.4 Å². The zero-order chi connectivity index (χ0) is 20.5. The Morgan fingerprint density at radius 2 is 2.03 bits per heavy atom. The second-order valence-corrected chi connectivity index (χ2v) is 8.33. The lowest BCUT2D eigenvalue weighted by Crippen LogP contribution is -2.50. The number of nitrogens with zero attached hydrogens (tertiary/aromatic N) is 3. The molecule has 6 nitrogen and oxygen atoms in total. The number of ether oxygens (including phenoxy) is 2. The van der Waals surface area contributed by atoms with Crippen LogP contribution in [0.1, 0.15) is 38.2 Å². The summed E-state index contributed by atoms with van der Waals surface area (Å²) >= 11 is 0. The Morgan fingerprint density at radius 3 is 2.69 bits per heavy atom. The summed E-state index contributed by atoms with van der Waals surface area (Å²) in [6.45, 7) is 7.72. The lowest BCUT2D eigenvalue weighted by molar-refractivity contribution is -0.0367. The van der Waals surface area contributed by atoms with Crippen molar-refractivity contribution in [2.75, 3.05) is 46.9 Å². The van der Waals surface area contributed by atoms with Crippen LogP contribution in [0.4, 0.5) is 0 Å². The number of guanidine groups is 1. The first-order chi connectivity index (χ1) is 14.2. The summed E-state index contributed by atoms with van der Waals surface area (Å²) in [7, 11) is 4.06. The van der Waals surface area contributed by atoms with Crippen LogP contribution in [0.3, 0.4) is 0 Å². The van der Waals surface area contributed by atoms with Crippen LogP contribution in [0, 0.1) is 0 Å². The SMILES string of the molecule is CN=C(NCC(C)N(C)Cc1ccccc1)N1CCC(OCC2CCCO2)CC1. The van der Waals surface area contributed by atoms with Crippen LogP contribution in [0.2, 0.25) is 0 Å². The molecule has 1 N–H and O–H groups in total. The monoisotopic (exact) mass is 402 g/mol. The van der Waals surface area contributed by atoms with Gasteiger partial charge in [0.25, 0.3) is 0 Å². The van der Waals surface area contributed by atoms with Gasteiger partial charge >= 0.3 is 0 Å². The molecule has 0 aliphatic carbocycles. The summed E-state index contributed by atoms with van der Waals surface area (Å²) in [6, 6.07) is 11.0. The Labute approximate surface area is 176 Å². The van der Waals surface area contributed by atoms with Gasteiger partial charge in [0.15, 0.2) is 5.96 Å². The van der Waals surface area contributed by atoms with Crippen LogP contribution in [-0.4, -0.2) is 81.0 Å². The molecule has 1 aromatic rings. The Bertz CT molecular complexity index is 611. The number of likely N-dealkylation sites (tertiary alicyclic amines) is 1. The summed E-state index contributed by atoms with van der Waals surface area (Å²) in [4.78, 5) is 9.25. The number of aliphatic imine (C=N–C) groups is 1. The van der Waals surface area contributed by atoms with Crippen LogP contribution in [0.5, 0.6) is 0 Å². The molecule has 2 unspecified atom stereocenters. The van der Waals surface area contributed by atoms with E-state index in [1.807, 2.05) is 7.05 Å². The fourth-order valence-corrected chi connectivity index (χ4v) is 4.01. The Balaban J connectivity index is 1.36. The van der Waals surface area contributed by atoms with Crippen molar-refractivity contribution in [3.63, 3.8) is 0 Å². The Hall–Kier alpha value is -1.63. The van der Waals surface area contributed by atoms with E-state index in [-0.39, 0.29) is 0 Å². The Kier molecular flexibility index (Phi) is 8.77. The molecule has 2 fully saturated rings. The highest BCUT2D eigenvalue weighted by Gasteiger charge is 2.24. The van der Waals surface area contributed by atoms with Gasteiger partial charge in [-0.3, -0.25) is 9.89 Å². The largest absolute Gasteiger partial charge is 0.376 e. The van der Waals surface area contributed by atoms with Crippen molar-refractivity contribution in [2.24, 2.45) is 4.99 Å². The van der Waals surface area contributed by atoms with Crippen molar-refractivity contribution in [3.05, 3.63) is 35.9 Å². The fraction of sp³-hybridized carbons (Fsp3) is 0.696. The van der Waals surface area contributed by atoms with E-state index >= 15 is 0 Å². The van der Waals surface area contributed by atoms with E-state index < -0.39 is 0 Å². The molecule has 2 heterocycles. The summed E-state index contributed by atoms with van der Waals surface area (Å²) in [5.41, 5.74) is 1.34.